The van der Waals surface area contributed by atoms with Gasteiger partial charge in [0.25, 0.3) is 0 Å². The van der Waals surface area contributed by atoms with Crippen LogP contribution in [-0.2, 0) is 12.1 Å². The minimum atomic E-state index is -1.32. The number of aliphatic hydroxyl groups is 1. The van der Waals surface area contributed by atoms with Crippen LogP contribution in [0.3, 0.4) is 0 Å². The van der Waals surface area contributed by atoms with Crippen LogP contribution in [-0.4, -0.2) is 10.1 Å². The van der Waals surface area contributed by atoms with E-state index in [0.29, 0.717) is 11.4 Å². The van der Waals surface area contributed by atoms with Crippen molar-refractivity contribution in [2.45, 2.75) is 18.6 Å². The second kappa shape index (κ2) is 4.74. The summed E-state index contributed by atoms with van der Waals surface area (Å²) in [7, 11) is 0. The van der Waals surface area contributed by atoms with Gasteiger partial charge in [-0.15, -0.1) is 11.3 Å². The first-order valence-electron chi connectivity index (χ1n) is 5.14. The fourth-order valence-corrected chi connectivity index (χ4v) is 2.20. The average molecular weight is 234 g/mol. The molecule has 2 rings (SSSR count). The number of hydrogen-bond donors (Lipinski definition) is 2. The van der Waals surface area contributed by atoms with E-state index in [-0.39, 0.29) is 0 Å². The van der Waals surface area contributed by atoms with Gasteiger partial charge in [-0.3, -0.25) is 5.73 Å². The van der Waals surface area contributed by atoms with Crippen LogP contribution in [0.25, 0.3) is 0 Å². The van der Waals surface area contributed by atoms with Crippen LogP contribution in [0.5, 0.6) is 0 Å². The van der Waals surface area contributed by atoms with Crippen LogP contribution in [0, 0.1) is 0 Å². The Morgan fingerprint density at radius 1 is 1.31 bits per heavy atom. The number of aromatic nitrogens is 1. The summed E-state index contributed by atoms with van der Waals surface area (Å²) in [5.74, 6) is 0. The van der Waals surface area contributed by atoms with Crippen LogP contribution in [0.4, 0.5) is 0 Å². The third-order valence-corrected chi connectivity index (χ3v) is 3.38. The molecule has 0 saturated carbocycles. The molecule has 16 heavy (non-hydrogen) atoms. The minimum absolute atomic E-state index is 0.477. The summed E-state index contributed by atoms with van der Waals surface area (Å²) in [5, 5.41) is 12.4. The van der Waals surface area contributed by atoms with E-state index in [1.54, 1.807) is 6.20 Å². The van der Waals surface area contributed by atoms with Crippen LogP contribution in [0.15, 0.2) is 41.9 Å². The predicted octanol–water partition coefficient (Wildman–Crippen LogP) is 1.88. The fraction of sp³-hybridized carbons (Fsp3) is 0.250. The third-order valence-electron chi connectivity index (χ3n) is 2.44. The highest BCUT2D eigenvalue weighted by Crippen LogP contribution is 2.22. The van der Waals surface area contributed by atoms with Crippen molar-refractivity contribution in [3.63, 3.8) is 0 Å². The molecule has 0 spiro atoms. The second-order valence-electron chi connectivity index (χ2n) is 3.75. The molecule has 0 amide bonds. The molecule has 0 aliphatic carbocycles. The van der Waals surface area contributed by atoms with E-state index >= 15 is 0 Å². The van der Waals surface area contributed by atoms with Gasteiger partial charge in [-0.05, 0) is 12.0 Å². The van der Waals surface area contributed by atoms with Gasteiger partial charge in [0.05, 0.1) is 0 Å². The third kappa shape index (κ3) is 2.66. The van der Waals surface area contributed by atoms with E-state index in [9.17, 15) is 5.11 Å². The van der Waals surface area contributed by atoms with Crippen molar-refractivity contribution >= 4 is 11.3 Å². The molecule has 1 aromatic heterocycles. The van der Waals surface area contributed by atoms with Crippen molar-refractivity contribution in [3.8, 4) is 0 Å². The van der Waals surface area contributed by atoms with E-state index in [4.69, 9.17) is 5.73 Å². The highest BCUT2D eigenvalue weighted by atomic mass is 32.1. The molecule has 0 fully saturated rings. The Bertz CT molecular complexity index is 426. The number of thiazole rings is 1. The van der Waals surface area contributed by atoms with Crippen molar-refractivity contribution < 1.29 is 5.11 Å². The summed E-state index contributed by atoms with van der Waals surface area (Å²) in [6.07, 6.45) is 2.87. The maximum Gasteiger partial charge on any atom is 0.166 e. The van der Waals surface area contributed by atoms with Gasteiger partial charge in [0.2, 0.25) is 0 Å². The molecule has 3 nitrogen and oxygen atoms in total. The van der Waals surface area contributed by atoms with Gasteiger partial charge in [0.15, 0.2) is 5.72 Å². The van der Waals surface area contributed by atoms with Crippen LogP contribution in [0.1, 0.15) is 17.0 Å². The Morgan fingerprint density at radius 2 is 2.06 bits per heavy atom. The maximum atomic E-state index is 10.1. The Hall–Kier alpha value is -1.23. The molecular weight excluding hydrogens is 220 g/mol. The van der Waals surface area contributed by atoms with Gasteiger partial charge >= 0.3 is 0 Å². The number of nitrogens with zero attached hydrogens (tertiary/aromatic N) is 1. The molecule has 1 aromatic carbocycles. The lowest BCUT2D eigenvalue weighted by molar-refractivity contribution is 0.0343. The smallest absolute Gasteiger partial charge is 0.166 e. The van der Waals surface area contributed by atoms with E-state index < -0.39 is 5.72 Å². The molecule has 0 bridgehead atoms. The zero-order chi connectivity index (χ0) is 11.4. The summed E-state index contributed by atoms with van der Waals surface area (Å²) < 4.78 is 0. The van der Waals surface area contributed by atoms with Crippen LogP contribution >= 0.6 is 11.3 Å². The summed E-state index contributed by atoms with van der Waals surface area (Å²) in [5.41, 5.74) is 5.69. The first-order chi connectivity index (χ1) is 7.68. The Labute approximate surface area is 98.6 Å². The molecule has 3 N–H and O–H groups in total. The quantitative estimate of drug-likeness (QED) is 0.794. The average Bonchev–Trinajstić information content (AvgIpc) is 2.82. The van der Waals surface area contributed by atoms with Gasteiger partial charge in [-0.1, -0.05) is 30.3 Å². The van der Waals surface area contributed by atoms with Crippen molar-refractivity contribution in [3.05, 3.63) is 52.5 Å². The Morgan fingerprint density at radius 3 is 2.69 bits per heavy atom. The van der Waals surface area contributed by atoms with Gasteiger partial charge in [-0.25, -0.2) is 4.98 Å². The van der Waals surface area contributed by atoms with Gasteiger partial charge in [0.1, 0.15) is 5.01 Å². The van der Waals surface area contributed by atoms with Gasteiger partial charge < -0.3 is 5.11 Å². The van der Waals surface area contributed by atoms with Crippen molar-refractivity contribution in [2.75, 3.05) is 0 Å². The molecule has 1 heterocycles. The lowest BCUT2D eigenvalue weighted by Gasteiger charge is -2.20. The van der Waals surface area contributed by atoms with E-state index in [1.807, 2.05) is 35.7 Å². The van der Waals surface area contributed by atoms with E-state index in [0.717, 1.165) is 6.42 Å². The highest BCUT2D eigenvalue weighted by molar-refractivity contribution is 7.09. The molecule has 0 unspecified atom stereocenters. The van der Waals surface area contributed by atoms with Crippen LogP contribution < -0.4 is 5.73 Å². The number of rotatable bonds is 4. The molecule has 1 atom stereocenters. The molecule has 4 heteroatoms. The fourth-order valence-electron chi connectivity index (χ4n) is 1.52. The molecule has 84 valence electrons. The predicted molar refractivity (Wildman–Crippen MR) is 65.0 cm³/mol. The van der Waals surface area contributed by atoms with Gasteiger partial charge in [0, 0.05) is 18.0 Å². The number of nitrogens with two attached hydrogens (primary N) is 1. The summed E-state index contributed by atoms with van der Waals surface area (Å²) >= 11 is 1.38. The maximum absolute atomic E-state index is 10.1. The summed E-state index contributed by atoms with van der Waals surface area (Å²) in [4.78, 5) is 4.04. The van der Waals surface area contributed by atoms with Crippen LogP contribution in [0.2, 0.25) is 0 Å². The first-order valence-corrected chi connectivity index (χ1v) is 6.01. The SMILES string of the molecule is N[C@@](O)(CCc1ccccc1)c1nccs1. The Kier molecular flexibility index (Phi) is 3.33. The lowest BCUT2D eigenvalue weighted by atomic mass is 10.0. The van der Waals surface area contributed by atoms with Crippen molar-refractivity contribution in [1.29, 1.82) is 0 Å². The number of hydrogen-bond acceptors (Lipinski definition) is 4. The van der Waals surface area contributed by atoms with Crippen molar-refractivity contribution in [1.82, 2.24) is 4.98 Å². The molecule has 2 aromatic rings. The molecule has 0 saturated heterocycles. The van der Waals surface area contributed by atoms with E-state index in [2.05, 4.69) is 4.98 Å². The number of benzene rings is 1. The molecular formula is C12H14N2OS. The Balaban J connectivity index is 2.00. The topological polar surface area (TPSA) is 59.1 Å². The minimum Gasteiger partial charge on any atom is -0.369 e. The van der Waals surface area contributed by atoms with E-state index in [1.165, 1.54) is 16.9 Å². The lowest BCUT2D eigenvalue weighted by Crippen LogP contribution is -2.36. The molecule has 0 radical (unpaired) electrons. The molecule has 0 aliphatic rings. The number of aryl methyl sites for hydroxylation is 1. The summed E-state index contributed by atoms with van der Waals surface area (Å²) in [6, 6.07) is 9.98. The molecule has 0 aliphatic heterocycles. The normalized spacial score (nSPS) is 14.6. The standard InChI is InChI=1S/C12H14N2OS/c13-12(15,11-14-8-9-16-11)7-6-10-4-2-1-3-5-10/h1-5,8-9,15H,6-7,13H2/t12-/m1/s1. The second-order valence-corrected chi connectivity index (χ2v) is 4.64. The first kappa shape index (κ1) is 11.3. The monoisotopic (exact) mass is 234 g/mol. The zero-order valence-electron chi connectivity index (χ0n) is 8.84. The van der Waals surface area contributed by atoms with Crippen molar-refractivity contribution in [2.24, 2.45) is 5.73 Å². The largest absolute Gasteiger partial charge is 0.369 e. The summed E-state index contributed by atoms with van der Waals surface area (Å²) in [6.45, 7) is 0. The highest BCUT2D eigenvalue weighted by Gasteiger charge is 2.26. The van der Waals surface area contributed by atoms with Gasteiger partial charge in [-0.2, -0.15) is 0 Å². The zero-order valence-corrected chi connectivity index (χ0v) is 9.65.